The van der Waals surface area contributed by atoms with Crippen LogP contribution in [0, 0.1) is 5.41 Å². The van der Waals surface area contributed by atoms with Gasteiger partial charge in [0.25, 0.3) is 0 Å². The van der Waals surface area contributed by atoms with E-state index in [-0.39, 0.29) is 11.5 Å². The second kappa shape index (κ2) is 7.36. The molecule has 0 radical (unpaired) electrons. The van der Waals surface area contributed by atoms with Gasteiger partial charge in [-0.2, -0.15) is 0 Å². The molecule has 2 fully saturated rings. The first-order valence-corrected chi connectivity index (χ1v) is 9.51. The minimum absolute atomic E-state index is 0.182. The molecule has 1 amide bonds. The van der Waals surface area contributed by atoms with Crippen molar-refractivity contribution >= 4 is 6.09 Å². The summed E-state index contributed by atoms with van der Waals surface area (Å²) < 4.78 is 11.4. The van der Waals surface area contributed by atoms with E-state index in [9.17, 15) is 4.79 Å². The Labute approximate surface area is 151 Å². The lowest BCUT2D eigenvalue weighted by Crippen LogP contribution is -2.52. The maximum absolute atomic E-state index is 12.3. The third-order valence-corrected chi connectivity index (χ3v) is 5.55. The van der Waals surface area contributed by atoms with Crippen LogP contribution in [0.15, 0.2) is 30.3 Å². The number of nitrogens with zero attached hydrogens (tertiary/aromatic N) is 1. The maximum Gasteiger partial charge on any atom is 0.410 e. The fourth-order valence-corrected chi connectivity index (χ4v) is 3.95. The van der Waals surface area contributed by atoms with E-state index in [0.29, 0.717) is 6.10 Å². The van der Waals surface area contributed by atoms with Crippen molar-refractivity contribution in [3.05, 3.63) is 35.9 Å². The normalized spacial score (nSPS) is 23.0. The third kappa shape index (κ3) is 4.55. The molecule has 0 N–H and O–H groups in total. The van der Waals surface area contributed by atoms with Crippen LogP contribution in [0.4, 0.5) is 4.79 Å². The molecule has 1 aromatic rings. The molecule has 4 heteroatoms. The average Bonchev–Trinajstić information content (AvgIpc) is 2.51. The topological polar surface area (TPSA) is 38.8 Å². The molecule has 0 saturated carbocycles. The lowest BCUT2D eigenvalue weighted by molar-refractivity contribution is -0.147. The van der Waals surface area contributed by atoms with Crippen LogP contribution >= 0.6 is 0 Å². The zero-order valence-corrected chi connectivity index (χ0v) is 15.8. The summed E-state index contributed by atoms with van der Waals surface area (Å²) in [5.74, 6) is 0. The lowest BCUT2D eigenvalue weighted by Gasteiger charge is -2.49. The van der Waals surface area contributed by atoms with Crippen LogP contribution in [0.1, 0.15) is 52.0 Å². The van der Waals surface area contributed by atoms with Gasteiger partial charge < -0.3 is 14.4 Å². The predicted molar refractivity (Wildman–Crippen MR) is 98.6 cm³/mol. The van der Waals surface area contributed by atoms with Crippen LogP contribution in [0.3, 0.4) is 0 Å². The second-order valence-corrected chi connectivity index (χ2v) is 8.46. The molecule has 25 heavy (non-hydrogen) atoms. The van der Waals surface area contributed by atoms with Gasteiger partial charge in [0.2, 0.25) is 0 Å². The molecule has 1 aromatic carbocycles. The fourth-order valence-electron chi connectivity index (χ4n) is 3.95. The summed E-state index contributed by atoms with van der Waals surface area (Å²) >= 11 is 0. The first-order chi connectivity index (χ1) is 11.9. The molecule has 0 aromatic heterocycles. The van der Waals surface area contributed by atoms with E-state index < -0.39 is 5.60 Å². The van der Waals surface area contributed by atoms with Crippen molar-refractivity contribution in [3.8, 4) is 0 Å². The summed E-state index contributed by atoms with van der Waals surface area (Å²) in [6, 6.07) is 10.7. The lowest BCUT2D eigenvalue weighted by atomic mass is 9.68. The first kappa shape index (κ1) is 18.2. The van der Waals surface area contributed by atoms with Crippen molar-refractivity contribution in [2.45, 2.75) is 64.6 Å². The first-order valence-electron chi connectivity index (χ1n) is 9.51. The number of amides is 1. The van der Waals surface area contributed by atoms with Crippen molar-refractivity contribution in [2.24, 2.45) is 5.41 Å². The Morgan fingerprint density at radius 1 is 1.24 bits per heavy atom. The maximum atomic E-state index is 12.3. The highest BCUT2D eigenvalue weighted by Crippen LogP contribution is 2.45. The molecular weight excluding hydrogens is 314 g/mol. The monoisotopic (exact) mass is 345 g/mol. The number of aryl methyl sites for hydroxylation is 1. The predicted octanol–water partition coefficient (Wildman–Crippen LogP) is 4.43. The van der Waals surface area contributed by atoms with E-state index in [1.807, 2.05) is 25.7 Å². The molecule has 138 valence electrons. The molecule has 0 bridgehead atoms. The van der Waals surface area contributed by atoms with Gasteiger partial charge >= 0.3 is 6.09 Å². The summed E-state index contributed by atoms with van der Waals surface area (Å²) in [5, 5.41) is 0. The fraction of sp³-hybridized carbons (Fsp3) is 0.667. The molecule has 2 aliphatic heterocycles. The van der Waals surface area contributed by atoms with E-state index in [1.54, 1.807) is 0 Å². The smallest absolute Gasteiger partial charge is 0.410 e. The zero-order chi connectivity index (χ0) is 17.9. The molecule has 0 spiro atoms. The van der Waals surface area contributed by atoms with Crippen LogP contribution in [0.5, 0.6) is 0 Å². The van der Waals surface area contributed by atoms with Gasteiger partial charge in [-0.05, 0) is 58.4 Å². The van der Waals surface area contributed by atoms with Crippen LogP contribution in [-0.2, 0) is 15.9 Å². The van der Waals surface area contributed by atoms with Crippen molar-refractivity contribution in [2.75, 3.05) is 19.7 Å². The Kier molecular flexibility index (Phi) is 5.38. The van der Waals surface area contributed by atoms with Gasteiger partial charge in [-0.25, -0.2) is 4.79 Å². The second-order valence-electron chi connectivity index (χ2n) is 8.46. The van der Waals surface area contributed by atoms with Gasteiger partial charge in [-0.1, -0.05) is 30.3 Å². The molecule has 2 saturated heterocycles. The summed E-state index contributed by atoms with van der Waals surface area (Å²) in [6.07, 6.45) is 5.54. The number of hydrogen-bond donors (Lipinski definition) is 0. The molecule has 3 rings (SSSR count). The van der Waals surface area contributed by atoms with Gasteiger partial charge in [-0.3, -0.25) is 0 Å². The minimum Gasteiger partial charge on any atom is -0.444 e. The zero-order valence-electron chi connectivity index (χ0n) is 15.8. The Bertz CT molecular complexity index is 567. The molecule has 0 aliphatic carbocycles. The van der Waals surface area contributed by atoms with E-state index >= 15 is 0 Å². The van der Waals surface area contributed by atoms with Crippen LogP contribution in [-0.4, -0.2) is 42.4 Å². The van der Waals surface area contributed by atoms with Gasteiger partial charge in [0.15, 0.2) is 0 Å². The summed E-state index contributed by atoms with van der Waals surface area (Å²) in [7, 11) is 0. The number of benzene rings is 1. The van der Waals surface area contributed by atoms with E-state index in [0.717, 1.165) is 51.8 Å². The molecular formula is C21H31NO3. The van der Waals surface area contributed by atoms with Gasteiger partial charge in [0, 0.05) is 25.1 Å². The van der Waals surface area contributed by atoms with Crippen LogP contribution in [0.25, 0.3) is 0 Å². The Morgan fingerprint density at radius 3 is 2.40 bits per heavy atom. The number of likely N-dealkylation sites (tertiary alicyclic amines) is 1. The number of carbonyl (C=O) groups excluding carboxylic acids is 1. The highest BCUT2D eigenvalue weighted by atomic mass is 16.6. The minimum atomic E-state index is -0.435. The van der Waals surface area contributed by atoms with Crippen LogP contribution < -0.4 is 0 Å². The van der Waals surface area contributed by atoms with Gasteiger partial charge in [0.05, 0.1) is 6.10 Å². The summed E-state index contributed by atoms with van der Waals surface area (Å²) in [5.41, 5.74) is 1.15. The van der Waals surface area contributed by atoms with Crippen molar-refractivity contribution < 1.29 is 14.3 Å². The number of carbonyl (C=O) groups is 1. The van der Waals surface area contributed by atoms with Crippen molar-refractivity contribution in [1.29, 1.82) is 0 Å². The largest absolute Gasteiger partial charge is 0.444 e. The molecule has 2 heterocycles. The number of ether oxygens (including phenoxy) is 2. The quantitative estimate of drug-likeness (QED) is 0.810. The molecule has 4 nitrogen and oxygen atoms in total. The summed E-state index contributed by atoms with van der Waals surface area (Å²) in [4.78, 5) is 14.2. The van der Waals surface area contributed by atoms with Crippen molar-refractivity contribution in [1.82, 2.24) is 4.90 Å². The van der Waals surface area contributed by atoms with E-state index in [1.165, 1.54) is 5.56 Å². The number of rotatable bonds is 4. The van der Waals surface area contributed by atoms with E-state index in [2.05, 4.69) is 30.3 Å². The molecule has 2 aliphatic rings. The summed E-state index contributed by atoms with van der Waals surface area (Å²) in [6.45, 7) is 8.17. The van der Waals surface area contributed by atoms with Crippen LogP contribution in [0.2, 0.25) is 0 Å². The standard InChI is InChI=1S/C21H31NO3/c1-20(2,3)25-19(23)22-14-12-21(13-15-22,18-10-16-24-18)11-9-17-7-5-4-6-8-17/h4-8,18H,9-16H2,1-3H3/t18-/m0/s1. The van der Waals surface area contributed by atoms with Gasteiger partial charge in [-0.15, -0.1) is 0 Å². The Hall–Kier alpha value is -1.55. The number of piperidine rings is 1. The average molecular weight is 345 g/mol. The molecule has 0 unspecified atom stereocenters. The third-order valence-electron chi connectivity index (χ3n) is 5.55. The van der Waals surface area contributed by atoms with E-state index in [4.69, 9.17) is 9.47 Å². The van der Waals surface area contributed by atoms with Crippen molar-refractivity contribution in [3.63, 3.8) is 0 Å². The number of hydrogen-bond acceptors (Lipinski definition) is 3. The molecule has 1 atom stereocenters. The highest BCUT2D eigenvalue weighted by molar-refractivity contribution is 5.68. The van der Waals surface area contributed by atoms with Gasteiger partial charge in [0.1, 0.15) is 5.60 Å². The Morgan fingerprint density at radius 2 is 1.88 bits per heavy atom. The highest BCUT2D eigenvalue weighted by Gasteiger charge is 2.45. The SMILES string of the molecule is CC(C)(C)OC(=O)N1CCC(CCc2ccccc2)([C@@H]2CCO2)CC1. The Balaban J connectivity index is 1.60.